The van der Waals surface area contributed by atoms with Gasteiger partial charge in [0.05, 0.1) is 24.0 Å². The maximum absolute atomic E-state index is 13.2. The van der Waals surface area contributed by atoms with E-state index in [1.165, 1.54) is 22.0 Å². The number of hydrogen-bond donors (Lipinski definition) is 1. The zero-order valence-corrected chi connectivity index (χ0v) is 19.4. The predicted octanol–water partition coefficient (Wildman–Crippen LogP) is 2.38. The van der Waals surface area contributed by atoms with Crippen LogP contribution in [0.1, 0.15) is 24.0 Å². The van der Waals surface area contributed by atoms with Crippen LogP contribution in [0.3, 0.4) is 0 Å². The normalized spacial score (nSPS) is 20.5. The number of sulfonamides is 1. The lowest BCUT2D eigenvalue weighted by Crippen LogP contribution is -2.45. The molecule has 178 valence electrons. The van der Waals surface area contributed by atoms with Crippen molar-refractivity contribution in [3.8, 4) is 0 Å². The van der Waals surface area contributed by atoms with E-state index < -0.39 is 21.8 Å². The molecule has 4 rings (SSSR count). The van der Waals surface area contributed by atoms with E-state index >= 15 is 0 Å². The minimum Gasteiger partial charge on any atom is -0.379 e. The maximum Gasteiger partial charge on any atom is 0.243 e. The number of carbonyl (C=O) groups is 1. The van der Waals surface area contributed by atoms with Crippen molar-refractivity contribution in [2.24, 2.45) is 5.92 Å². The first-order valence-corrected chi connectivity index (χ1v) is 12.8. The van der Waals surface area contributed by atoms with Gasteiger partial charge in [0.1, 0.15) is 5.82 Å². The van der Waals surface area contributed by atoms with Gasteiger partial charge < -0.3 is 10.1 Å². The second-order valence-electron chi connectivity index (χ2n) is 8.58. The molecule has 1 amide bonds. The highest BCUT2D eigenvalue weighted by atomic mass is 32.2. The minimum atomic E-state index is -3.75. The first kappa shape index (κ1) is 23.8. The molecule has 2 aliphatic heterocycles. The predicted molar refractivity (Wildman–Crippen MR) is 122 cm³/mol. The third kappa shape index (κ3) is 6.17. The van der Waals surface area contributed by atoms with Gasteiger partial charge in [-0.05, 0) is 48.2 Å². The van der Waals surface area contributed by atoms with E-state index in [1.807, 2.05) is 12.1 Å². The van der Waals surface area contributed by atoms with Crippen LogP contribution >= 0.6 is 0 Å². The molecule has 2 heterocycles. The summed E-state index contributed by atoms with van der Waals surface area (Å²) in [6.45, 7) is 5.19. The summed E-state index contributed by atoms with van der Waals surface area (Å²) >= 11 is 0. The molecule has 33 heavy (non-hydrogen) atoms. The van der Waals surface area contributed by atoms with Gasteiger partial charge in [0.2, 0.25) is 15.9 Å². The van der Waals surface area contributed by atoms with Crippen molar-refractivity contribution < 1.29 is 22.3 Å². The molecule has 0 radical (unpaired) electrons. The third-order valence-electron chi connectivity index (χ3n) is 6.21. The standard InChI is InChI=1S/C24H30FN3O4S/c25-22-7-9-23(10-8-22)33(30,31)28-11-1-2-21(18-28)24(29)26-16-19-3-5-20(6-4-19)17-27-12-14-32-15-13-27/h3-10,21H,1-2,11-18H2,(H,26,29). The van der Waals surface area contributed by atoms with Crippen LogP contribution in [0, 0.1) is 11.7 Å². The Bertz CT molecular complexity index is 1040. The molecule has 1 unspecified atom stereocenters. The number of piperidine rings is 1. The Kier molecular flexibility index (Phi) is 7.75. The van der Waals surface area contributed by atoms with Gasteiger partial charge in [-0.25, -0.2) is 12.8 Å². The molecule has 0 spiro atoms. The monoisotopic (exact) mass is 475 g/mol. The Morgan fingerprint density at radius 1 is 1.00 bits per heavy atom. The van der Waals surface area contributed by atoms with E-state index in [0.29, 0.717) is 25.9 Å². The van der Waals surface area contributed by atoms with Crippen LogP contribution in [0.4, 0.5) is 4.39 Å². The number of benzene rings is 2. The van der Waals surface area contributed by atoms with Crippen molar-refractivity contribution in [3.05, 3.63) is 65.5 Å². The van der Waals surface area contributed by atoms with Gasteiger partial charge in [-0.1, -0.05) is 24.3 Å². The summed E-state index contributed by atoms with van der Waals surface area (Å²) in [7, 11) is -3.75. The smallest absolute Gasteiger partial charge is 0.243 e. The van der Waals surface area contributed by atoms with Gasteiger partial charge in [0.25, 0.3) is 0 Å². The molecule has 0 bridgehead atoms. The number of hydrogen-bond acceptors (Lipinski definition) is 5. The fourth-order valence-corrected chi connectivity index (χ4v) is 5.77. The lowest BCUT2D eigenvalue weighted by atomic mass is 9.98. The average Bonchev–Trinajstić information content (AvgIpc) is 2.84. The molecular formula is C24H30FN3O4S. The number of ether oxygens (including phenoxy) is 1. The van der Waals surface area contributed by atoms with Crippen molar-refractivity contribution in [2.45, 2.75) is 30.8 Å². The Hall–Kier alpha value is -2.33. The van der Waals surface area contributed by atoms with Gasteiger partial charge >= 0.3 is 0 Å². The van der Waals surface area contributed by atoms with Crippen LogP contribution < -0.4 is 5.32 Å². The van der Waals surface area contributed by atoms with Crippen LogP contribution in [0.15, 0.2) is 53.4 Å². The van der Waals surface area contributed by atoms with E-state index in [1.54, 1.807) is 0 Å². The molecule has 0 aliphatic carbocycles. The van der Waals surface area contributed by atoms with Gasteiger partial charge in [-0.15, -0.1) is 0 Å². The zero-order valence-electron chi connectivity index (χ0n) is 18.6. The van der Waals surface area contributed by atoms with E-state index in [-0.39, 0.29) is 17.3 Å². The van der Waals surface area contributed by atoms with Crippen LogP contribution in [0.2, 0.25) is 0 Å². The van der Waals surface area contributed by atoms with E-state index in [2.05, 4.69) is 22.3 Å². The van der Waals surface area contributed by atoms with Crippen LogP contribution in [0.25, 0.3) is 0 Å². The first-order valence-electron chi connectivity index (χ1n) is 11.3. The van der Waals surface area contributed by atoms with Gasteiger partial charge in [-0.3, -0.25) is 9.69 Å². The molecule has 2 aromatic rings. The second kappa shape index (κ2) is 10.7. The topological polar surface area (TPSA) is 79.0 Å². The number of carbonyl (C=O) groups excluding carboxylic acids is 1. The summed E-state index contributed by atoms with van der Waals surface area (Å²) in [5.41, 5.74) is 2.22. The number of nitrogens with zero attached hydrogens (tertiary/aromatic N) is 2. The van der Waals surface area contributed by atoms with Gasteiger partial charge in [-0.2, -0.15) is 4.31 Å². The number of morpholine rings is 1. The number of amides is 1. The fourth-order valence-electron chi connectivity index (χ4n) is 4.24. The van der Waals surface area contributed by atoms with Crippen molar-refractivity contribution >= 4 is 15.9 Å². The molecule has 7 nitrogen and oxygen atoms in total. The maximum atomic E-state index is 13.2. The minimum absolute atomic E-state index is 0.0436. The van der Waals surface area contributed by atoms with Gasteiger partial charge in [0.15, 0.2) is 0 Å². The van der Waals surface area contributed by atoms with Crippen molar-refractivity contribution in [2.75, 3.05) is 39.4 Å². The largest absolute Gasteiger partial charge is 0.379 e. The SMILES string of the molecule is O=C(NCc1ccc(CN2CCOCC2)cc1)C1CCCN(S(=O)(=O)c2ccc(F)cc2)C1. The quantitative estimate of drug-likeness (QED) is 0.665. The molecule has 1 N–H and O–H groups in total. The summed E-state index contributed by atoms with van der Waals surface area (Å²) in [4.78, 5) is 15.2. The molecule has 0 saturated carbocycles. The molecule has 2 saturated heterocycles. The average molecular weight is 476 g/mol. The Morgan fingerprint density at radius 2 is 1.67 bits per heavy atom. The van der Waals surface area contributed by atoms with Crippen molar-refractivity contribution in [3.63, 3.8) is 0 Å². The Labute approximate surface area is 194 Å². The molecule has 2 fully saturated rings. The highest BCUT2D eigenvalue weighted by Crippen LogP contribution is 2.24. The molecule has 2 aromatic carbocycles. The molecule has 0 aromatic heterocycles. The summed E-state index contributed by atoms with van der Waals surface area (Å²) in [6.07, 6.45) is 1.24. The van der Waals surface area contributed by atoms with Crippen LogP contribution in [-0.2, 0) is 32.6 Å². The summed E-state index contributed by atoms with van der Waals surface area (Å²) in [5.74, 6) is -1.04. The fraction of sp³-hybridized carbons (Fsp3) is 0.458. The van der Waals surface area contributed by atoms with Crippen molar-refractivity contribution in [1.82, 2.24) is 14.5 Å². The molecule has 2 aliphatic rings. The Morgan fingerprint density at radius 3 is 2.36 bits per heavy atom. The van der Waals surface area contributed by atoms with E-state index in [9.17, 15) is 17.6 Å². The third-order valence-corrected chi connectivity index (χ3v) is 8.09. The van der Waals surface area contributed by atoms with Crippen LogP contribution in [-0.4, -0.2) is 62.9 Å². The summed E-state index contributed by atoms with van der Waals surface area (Å²) < 4.78 is 45.6. The van der Waals surface area contributed by atoms with E-state index in [4.69, 9.17) is 4.74 Å². The number of rotatable bonds is 7. The lowest BCUT2D eigenvalue weighted by Gasteiger charge is -2.31. The highest BCUT2D eigenvalue weighted by Gasteiger charge is 2.33. The first-order chi connectivity index (χ1) is 15.9. The second-order valence-corrected chi connectivity index (χ2v) is 10.5. The van der Waals surface area contributed by atoms with Crippen molar-refractivity contribution in [1.29, 1.82) is 0 Å². The molecule has 9 heteroatoms. The Balaban J connectivity index is 1.29. The van der Waals surface area contributed by atoms with E-state index in [0.717, 1.165) is 50.5 Å². The molecule has 1 atom stereocenters. The summed E-state index contributed by atoms with van der Waals surface area (Å²) in [5, 5.41) is 2.95. The molecular weight excluding hydrogens is 445 g/mol. The number of halogens is 1. The summed E-state index contributed by atoms with van der Waals surface area (Å²) in [6, 6.07) is 13.0. The lowest BCUT2D eigenvalue weighted by molar-refractivity contribution is -0.126. The highest BCUT2D eigenvalue weighted by molar-refractivity contribution is 7.89. The van der Waals surface area contributed by atoms with Crippen LogP contribution in [0.5, 0.6) is 0 Å². The number of nitrogens with one attached hydrogen (secondary N) is 1. The zero-order chi connectivity index (χ0) is 23.3. The van der Waals surface area contributed by atoms with Gasteiger partial charge in [0, 0.05) is 39.3 Å².